The summed E-state index contributed by atoms with van der Waals surface area (Å²) in [7, 11) is 2.03. The highest BCUT2D eigenvalue weighted by atomic mass is 79.9. The number of carbonyl (C=O) groups excluding carboxylic acids is 2. The molecule has 0 radical (unpaired) electrons. The SMILES string of the molecule is CCCN(C)Cc1cc(C(=O)OCCCCCOC(C)=O)cc(Br)c1N.Clc1cccc(Cl)c1Nc1ccccc1. The van der Waals surface area contributed by atoms with Crippen LogP contribution >= 0.6 is 39.1 Å². The first kappa shape index (κ1) is 34.4. The highest BCUT2D eigenvalue weighted by Gasteiger charge is 2.14. The third-order valence-corrected chi connectivity index (χ3v) is 7.12. The number of benzene rings is 3. The van der Waals surface area contributed by atoms with Gasteiger partial charge in [-0.1, -0.05) is 54.4 Å². The van der Waals surface area contributed by atoms with Crippen molar-refractivity contribution in [3.05, 3.63) is 86.3 Å². The van der Waals surface area contributed by atoms with Crippen molar-refractivity contribution in [3.8, 4) is 0 Å². The van der Waals surface area contributed by atoms with Crippen molar-refractivity contribution in [2.24, 2.45) is 0 Å². The number of nitrogens with zero attached hydrogens (tertiary/aromatic N) is 1. The minimum Gasteiger partial charge on any atom is -0.466 e. The van der Waals surface area contributed by atoms with E-state index in [-0.39, 0.29) is 11.9 Å². The third kappa shape index (κ3) is 12.7. The Balaban J connectivity index is 0.000000329. The van der Waals surface area contributed by atoms with Gasteiger partial charge in [-0.05, 0) is 97.2 Å². The van der Waals surface area contributed by atoms with Crippen molar-refractivity contribution in [2.75, 3.05) is 37.9 Å². The highest BCUT2D eigenvalue weighted by molar-refractivity contribution is 9.10. The van der Waals surface area contributed by atoms with Crippen molar-refractivity contribution in [3.63, 3.8) is 0 Å². The number of unbranched alkanes of at least 4 members (excludes halogenated alkanes) is 2. The van der Waals surface area contributed by atoms with Gasteiger partial charge in [-0.15, -0.1) is 0 Å². The predicted octanol–water partition coefficient (Wildman–Crippen LogP) is 8.50. The summed E-state index contributed by atoms with van der Waals surface area (Å²) in [5.74, 6) is -0.629. The Morgan fingerprint density at radius 2 is 1.59 bits per heavy atom. The summed E-state index contributed by atoms with van der Waals surface area (Å²) in [6, 6.07) is 18.7. The summed E-state index contributed by atoms with van der Waals surface area (Å²) >= 11 is 15.5. The molecule has 0 saturated carbocycles. The molecule has 41 heavy (non-hydrogen) atoms. The molecule has 10 heteroatoms. The molecule has 0 heterocycles. The fraction of sp³-hybridized carbons (Fsp3) is 0.355. The summed E-state index contributed by atoms with van der Waals surface area (Å²) < 4.78 is 10.9. The minimum absolute atomic E-state index is 0.272. The maximum Gasteiger partial charge on any atom is 0.338 e. The van der Waals surface area contributed by atoms with E-state index in [4.69, 9.17) is 38.4 Å². The number of nitrogens with two attached hydrogens (primary N) is 1. The van der Waals surface area contributed by atoms with Gasteiger partial charge in [0.2, 0.25) is 0 Å². The van der Waals surface area contributed by atoms with E-state index in [1.807, 2.05) is 43.4 Å². The maximum absolute atomic E-state index is 12.3. The zero-order chi connectivity index (χ0) is 30.2. The number of carbonyl (C=O) groups is 2. The van der Waals surface area contributed by atoms with Gasteiger partial charge in [0.15, 0.2) is 0 Å². The summed E-state index contributed by atoms with van der Waals surface area (Å²) in [6.45, 7) is 5.89. The summed E-state index contributed by atoms with van der Waals surface area (Å²) in [6.07, 6.45) is 3.38. The second-order valence-electron chi connectivity index (χ2n) is 9.39. The Labute approximate surface area is 261 Å². The fourth-order valence-electron chi connectivity index (χ4n) is 3.80. The number of ether oxygens (including phenoxy) is 2. The number of hydrogen-bond acceptors (Lipinski definition) is 7. The number of para-hydroxylation sites is 2. The lowest BCUT2D eigenvalue weighted by Gasteiger charge is -2.18. The van der Waals surface area contributed by atoms with Crippen LogP contribution in [-0.2, 0) is 20.8 Å². The van der Waals surface area contributed by atoms with Crippen molar-refractivity contribution in [2.45, 2.75) is 46.1 Å². The first-order chi connectivity index (χ1) is 19.6. The van der Waals surface area contributed by atoms with Gasteiger partial charge in [0, 0.05) is 23.6 Å². The van der Waals surface area contributed by atoms with Crippen molar-refractivity contribution in [1.82, 2.24) is 4.90 Å². The van der Waals surface area contributed by atoms with Crippen LogP contribution in [0.1, 0.15) is 55.5 Å². The lowest BCUT2D eigenvalue weighted by Crippen LogP contribution is -2.20. The zero-order valence-corrected chi connectivity index (χ0v) is 26.8. The molecule has 3 rings (SSSR count). The third-order valence-electron chi connectivity index (χ3n) is 5.83. The average Bonchev–Trinajstić information content (AvgIpc) is 2.93. The van der Waals surface area contributed by atoms with E-state index in [0.717, 1.165) is 49.2 Å². The van der Waals surface area contributed by atoms with Gasteiger partial charge in [0.1, 0.15) is 0 Å². The first-order valence-electron chi connectivity index (χ1n) is 13.4. The standard InChI is InChI=1S/C19H29BrN2O4.C12H9Cl2N/c1-4-8-22(3)13-16-11-15(12-17(20)18(16)21)19(24)26-10-7-5-6-9-25-14(2)23;13-10-7-4-8-11(14)12(10)15-9-5-2-1-3-6-9/h11-12H,4-10,13,21H2,1-3H3;1-8,15H. The fourth-order valence-corrected chi connectivity index (χ4v) is 4.80. The number of anilines is 3. The molecule has 3 aromatic rings. The molecule has 0 spiro atoms. The quantitative estimate of drug-likeness (QED) is 0.107. The Bertz CT molecular complexity index is 1240. The van der Waals surface area contributed by atoms with Gasteiger partial charge in [-0.25, -0.2) is 4.79 Å². The molecule has 0 aliphatic rings. The number of nitrogen functional groups attached to an aromatic ring is 1. The molecular formula is C31H38BrCl2N3O4. The smallest absolute Gasteiger partial charge is 0.338 e. The molecule has 222 valence electrons. The normalized spacial score (nSPS) is 10.5. The number of nitrogens with one attached hydrogen (secondary N) is 1. The van der Waals surface area contributed by atoms with Crippen LogP contribution in [0.15, 0.2) is 65.1 Å². The molecule has 0 fully saturated rings. The minimum atomic E-state index is -0.356. The van der Waals surface area contributed by atoms with E-state index in [9.17, 15) is 9.59 Å². The Hall–Kier alpha value is -2.78. The lowest BCUT2D eigenvalue weighted by molar-refractivity contribution is -0.141. The number of esters is 2. The van der Waals surface area contributed by atoms with E-state index in [1.165, 1.54) is 6.92 Å². The number of hydrogen-bond donors (Lipinski definition) is 2. The van der Waals surface area contributed by atoms with Crippen molar-refractivity contribution in [1.29, 1.82) is 0 Å². The van der Waals surface area contributed by atoms with E-state index in [1.54, 1.807) is 24.3 Å². The van der Waals surface area contributed by atoms with Crippen LogP contribution in [0.3, 0.4) is 0 Å². The molecule has 3 aromatic carbocycles. The van der Waals surface area contributed by atoms with E-state index in [0.29, 0.717) is 45.5 Å². The van der Waals surface area contributed by atoms with Crippen LogP contribution in [0.4, 0.5) is 17.1 Å². The summed E-state index contributed by atoms with van der Waals surface area (Å²) in [5, 5.41) is 4.41. The van der Waals surface area contributed by atoms with Crippen LogP contribution in [0, 0.1) is 0 Å². The van der Waals surface area contributed by atoms with E-state index in [2.05, 4.69) is 33.1 Å². The van der Waals surface area contributed by atoms with Crippen LogP contribution in [-0.4, -0.2) is 43.6 Å². The molecule has 0 aromatic heterocycles. The monoisotopic (exact) mass is 665 g/mol. The molecule has 0 atom stereocenters. The highest BCUT2D eigenvalue weighted by Crippen LogP contribution is 2.32. The van der Waals surface area contributed by atoms with Gasteiger partial charge in [0.05, 0.1) is 40.2 Å². The second-order valence-corrected chi connectivity index (χ2v) is 11.1. The topological polar surface area (TPSA) is 93.9 Å². The molecule has 0 saturated heterocycles. The van der Waals surface area contributed by atoms with Crippen molar-refractivity contribution >= 4 is 68.1 Å². The first-order valence-corrected chi connectivity index (χ1v) is 15.0. The Morgan fingerprint density at radius 1 is 0.951 bits per heavy atom. The van der Waals surface area contributed by atoms with Gasteiger partial charge >= 0.3 is 11.9 Å². The van der Waals surface area contributed by atoms with Gasteiger partial charge in [0.25, 0.3) is 0 Å². The largest absolute Gasteiger partial charge is 0.466 e. The molecule has 7 nitrogen and oxygen atoms in total. The van der Waals surface area contributed by atoms with Crippen LogP contribution < -0.4 is 11.1 Å². The van der Waals surface area contributed by atoms with Crippen molar-refractivity contribution < 1.29 is 19.1 Å². The van der Waals surface area contributed by atoms with Crippen LogP contribution in [0.2, 0.25) is 10.0 Å². The Morgan fingerprint density at radius 3 is 2.20 bits per heavy atom. The molecule has 0 aliphatic carbocycles. The molecule has 0 bridgehead atoms. The number of rotatable bonds is 13. The van der Waals surface area contributed by atoms with E-state index >= 15 is 0 Å². The molecule has 3 N–H and O–H groups in total. The number of halogens is 3. The predicted molar refractivity (Wildman–Crippen MR) is 172 cm³/mol. The molecular weight excluding hydrogens is 629 g/mol. The van der Waals surface area contributed by atoms with Crippen LogP contribution in [0.5, 0.6) is 0 Å². The zero-order valence-electron chi connectivity index (χ0n) is 23.7. The molecule has 0 aliphatic heterocycles. The van der Waals surface area contributed by atoms with Crippen LogP contribution in [0.25, 0.3) is 0 Å². The molecule has 0 amide bonds. The lowest BCUT2D eigenvalue weighted by atomic mass is 10.1. The van der Waals surface area contributed by atoms with E-state index < -0.39 is 0 Å². The molecule has 0 unspecified atom stereocenters. The van der Waals surface area contributed by atoms with Gasteiger partial charge in [-0.2, -0.15) is 0 Å². The Kier molecular flexibility index (Phi) is 15.6. The summed E-state index contributed by atoms with van der Waals surface area (Å²) in [5.41, 5.74) is 9.88. The second kappa shape index (κ2) is 18.6. The van der Waals surface area contributed by atoms with Gasteiger partial charge < -0.3 is 25.4 Å². The summed E-state index contributed by atoms with van der Waals surface area (Å²) in [4.78, 5) is 25.1. The maximum atomic E-state index is 12.3. The van der Waals surface area contributed by atoms with Gasteiger partial charge in [-0.3, -0.25) is 4.79 Å². The average molecular weight is 667 g/mol.